The van der Waals surface area contributed by atoms with Gasteiger partial charge in [0.25, 0.3) is 0 Å². The van der Waals surface area contributed by atoms with Crippen LogP contribution in [0.4, 0.5) is 10.1 Å². The fourth-order valence-electron chi connectivity index (χ4n) is 3.59. The summed E-state index contributed by atoms with van der Waals surface area (Å²) in [6.07, 6.45) is 3.33. The van der Waals surface area contributed by atoms with Gasteiger partial charge in [-0.1, -0.05) is 26.2 Å². The average Bonchev–Trinajstić information content (AvgIpc) is 2.67. The summed E-state index contributed by atoms with van der Waals surface area (Å²) >= 11 is 0. The van der Waals surface area contributed by atoms with Crippen LogP contribution in [0.1, 0.15) is 39.5 Å². The van der Waals surface area contributed by atoms with Gasteiger partial charge >= 0.3 is 0 Å². The van der Waals surface area contributed by atoms with Gasteiger partial charge in [-0.3, -0.25) is 10.0 Å². The number of hydrogen-bond donors (Lipinski definition) is 1. The Kier molecular flexibility index (Phi) is 8.21. The van der Waals surface area contributed by atoms with Crippen molar-refractivity contribution in [1.29, 1.82) is 0 Å². The SMILES string of the molecule is CCCCCC(CS(=O)(=O)N1CCN(c2ccc(F)cc2)C[C@H]1C)N(O)C=O. The number of anilines is 1. The summed E-state index contributed by atoms with van der Waals surface area (Å²) in [5.41, 5.74) is 0.852. The zero-order valence-electron chi connectivity index (χ0n) is 16.5. The number of amides is 1. The predicted molar refractivity (Wildman–Crippen MR) is 106 cm³/mol. The number of hydroxylamine groups is 2. The number of halogens is 1. The molecule has 1 saturated heterocycles. The molecular formula is C19H30FN3O4S. The van der Waals surface area contributed by atoms with Crippen molar-refractivity contribution in [3.8, 4) is 0 Å². The zero-order valence-corrected chi connectivity index (χ0v) is 17.3. The molecule has 1 aliphatic rings. The van der Waals surface area contributed by atoms with Gasteiger partial charge in [0.2, 0.25) is 16.4 Å². The van der Waals surface area contributed by atoms with Gasteiger partial charge in [0, 0.05) is 31.4 Å². The van der Waals surface area contributed by atoms with Crippen LogP contribution in [0, 0.1) is 5.82 Å². The second-order valence-corrected chi connectivity index (χ2v) is 9.26. The molecule has 7 nitrogen and oxygen atoms in total. The summed E-state index contributed by atoms with van der Waals surface area (Å²) in [4.78, 5) is 13.0. The van der Waals surface area contributed by atoms with Gasteiger partial charge in [0.1, 0.15) is 5.82 Å². The lowest BCUT2D eigenvalue weighted by Gasteiger charge is -2.40. The monoisotopic (exact) mass is 415 g/mol. The third-order valence-electron chi connectivity index (χ3n) is 5.14. The van der Waals surface area contributed by atoms with Gasteiger partial charge in [-0.15, -0.1) is 0 Å². The maximum atomic E-state index is 13.1. The van der Waals surface area contributed by atoms with Gasteiger partial charge in [0.05, 0.1) is 11.8 Å². The largest absolute Gasteiger partial charge is 0.369 e. The maximum absolute atomic E-state index is 13.1. The van der Waals surface area contributed by atoms with Gasteiger partial charge in [-0.25, -0.2) is 17.9 Å². The number of carbonyl (C=O) groups is 1. The van der Waals surface area contributed by atoms with E-state index in [1.165, 1.54) is 16.4 Å². The first kappa shape index (κ1) is 22.6. The summed E-state index contributed by atoms with van der Waals surface area (Å²) in [5, 5.41) is 10.3. The molecule has 1 amide bonds. The molecule has 2 rings (SSSR count). The fourth-order valence-corrected chi connectivity index (χ4v) is 5.56. The molecule has 1 fully saturated rings. The van der Waals surface area contributed by atoms with E-state index in [-0.39, 0.29) is 24.0 Å². The molecule has 0 spiro atoms. The first-order chi connectivity index (χ1) is 13.3. The van der Waals surface area contributed by atoms with E-state index >= 15 is 0 Å². The molecule has 0 bridgehead atoms. The average molecular weight is 416 g/mol. The summed E-state index contributed by atoms with van der Waals surface area (Å²) in [6.45, 7) is 5.14. The van der Waals surface area contributed by atoms with Crippen LogP contribution in [0.5, 0.6) is 0 Å². The summed E-state index contributed by atoms with van der Waals surface area (Å²) < 4.78 is 40.5. The number of nitrogens with zero attached hydrogens (tertiary/aromatic N) is 3. The summed E-state index contributed by atoms with van der Waals surface area (Å²) in [7, 11) is -3.65. The topological polar surface area (TPSA) is 81.2 Å². The van der Waals surface area contributed by atoms with Gasteiger partial charge < -0.3 is 4.90 Å². The van der Waals surface area contributed by atoms with Crippen molar-refractivity contribution in [3.63, 3.8) is 0 Å². The lowest BCUT2D eigenvalue weighted by molar-refractivity contribution is -0.158. The van der Waals surface area contributed by atoms with E-state index in [1.54, 1.807) is 12.1 Å². The van der Waals surface area contributed by atoms with Crippen LogP contribution in [0.3, 0.4) is 0 Å². The van der Waals surface area contributed by atoms with Crippen LogP contribution in [-0.4, -0.2) is 66.9 Å². The highest BCUT2D eigenvalue weighted by Gasteiger charge is 2.35. The minimum Gasteiger partial charge on any atom is -0.369 e. The van der Waals surface area contributed by atoms with Crippen molar-refractivity contribution in [3.05, 3.63) is 30.1 Å². The molecule has 28 heavy (non-hydrogen) atoms. The molecule has 9 heteroatoms. The lowest BCUT2D eigenvalue weighted by atomic mass is 10.1. The Morgan fingerprint density at radius 1 is 1.29 bits per heavy atom. The first-order valence-corrected chi connectivity index (χ1v) is 11.3. The molecule has 0 aliphatic carbocycles. The predicted octanol–water partition coefficient (Wildman–Crippen LogP) is 2.46. The molecule has 1 aromatic carbocycles. The van der Waals surface area contributed by atoms with Crippen molar-refractivity contribution in [2.75, 3.05) is 30.3 Å². The third kappa shape index (κ3) is 5.89. The smallest absolute Gasteiger partial charge is 0.233 e. The van der Waals surface area contributed by atoms with Crippen molar-refractivity contribution in [1.82, 2.24) is 9.37 Å². The van der Waals surface area contributed by atoms with Gasteiger partial charge in [0.15, 0.2) is 0 Å². The second kappa shape index (κ2) is 10.2. The number of rotatable bonds is 10. The number of benzene rings is 1. The molecule has 2 atom stereocenters. The Labute approximate surface area is 166 Å². The van der Waals surface area contributed by atoms with Crippen molar-refractivity contribution in [2.24, 2.45) is 0 Å². The van der Waals surface area contributed by atoms with E-state index in [9.17, 15) is 22.8 Å². The van der Waals surface area contributed by atoms with Crippen molar-refractivity contribution in [2.45, 2.75) is 51.6 Å². The van der Waals surface area contributed by atoms with Crippen LogP contribution in [0.25, 0.3) is 0 Å². The Morgan fingerprint density at radius 2 is 1.96 bits per heavy atom. The molecule has 1 N–H and O–H groups in total. The van der Waals surface area contributed by atoms with E-state index in [1.807, 2.05) is 18.7 Å². The van der Waals surface area contributed by atoms with Crippen LogP contribution >= 0.6 is 0 Å². The van der Waals surface area contributed by atoms with Crippen molar-refractivity contribution < 1.29 is 22.8 Å². The molecule has 1 heterocycles. The molecule has 0 radical (unpaired) electrons. The van der Waals surface area contributed by atoms with Crippen LogP contribution in [0.15, 0.2) is 24.3 Å². The Hall–Kier alpha value is -1.71. The quantitative estimate of drug-likeness (QED) is 0.275. The van der Waals surface area contributed by atoms with E-state index in [0.717, 1.165) is 24.9 Å². The molecule has 0 aromatic heterocycles. The van der Waals surface area contributed by atoms with E-state index < -0.39 is 16.1 Å². The molecule has 1 aromatic rings. The molecular weight excluding hydrogens is 385 g/mol. The highest BCUT2D eigenvalue weighted by atomic mass is 32.2. The van der Waals surface area contributed by atoms with Crippen molar-refractivity contribution >= 4 is 22.1 Å². The second-order valence-electron chi connectivity index (χ2n) is 7.30. The van der Waals surface area contributed by atoms with E-state index in [4.69, 9.17) is 0 Å². The molecule has 1 aliphatic heterocycles. The molecule has 1 unspecified atom stereocenters. The molecule has 0 saturated carbocycles. The standard InChI is InChI=1S/C19H30FN3O4S/c1-3-4-5-6-19(22(25)15-24)14-28(26,27)23-12-11-21(13-16(23)2)18-9-7-17(20)8-10-18/h7-10,15-16,19,25H,3-6,11-14H2,1-2H3/t16-,19?/m1/s1. The van der Waals surface area contributed by atoms with Crippen LogP contribution in [-0.2, 0) is 14.8 Å². The Morgan fingerprint density at radius 3 is 2.54 bits per heavy atom. The lowest BCUT2D eigenvalue weighted by Crippen LogP contribution is -2.56. The van der Waals surface area contributed by atoms with Gasteiger partial charge in [-0.2, -0.15) is 4.31 Å². The number of unbranched alkanes of at least 4 members (excludes halogenated alkanes) is 2. The zero-order chi connectivity index (χ0) is 20.7. The minimum absolute atomic E-state index is 0.266. The number of piperazine rings is 1. The Bertz CT molecular complexity index is 729. The summed E-state index contributed by atoms with van der Waals surface area (Å²) in [6, 6.07) is 5.12. The highest BCUT2D eigenvalue weighted by Crippen LogP contribution is 2.23. The Balaban J connectivity index is 2.04. The highest BCUT2D eigenvalue weighted by molar-refractivity contribution is 7.89. The number of hydrogen-bond acceptors (Lipinski definition) is 5. The maximum Gasteiger partial charge on any atom is 0.233 e. The van der Waals surface area contributed by atoms with Gasteiger partial charge in [-0.05, 0) is 37.6 Å². The van der Waals surface area contributed by atoms with E-state index in [0.29, 0.717) is 31.1 Å². The minimum atomic E-state index is -3.65. The normalized spacial score (nSPS) is 19.4. The summed E-state index contributed by atoms with van der Waals surface area (Å²) in [5.74, 6) is -0.608. The third-order valence-corrected chi connectivity index (χ3v) is 7.20. The van der Waals surface area contributed by atoms with E-state index in [2.05, 4.69) is 0 Å². The molecule has 158 valence electrons. The fraction of sp³-hybridized carbons (Fsp3) is 0.632. The number of sulfonamides is 1. The van der Waals surface area contributed by atoms with Crippen LogP contribution < -0.4 is 4.90 Å². The van der Waals surface area contributed by atoms with Crippen LogP contribution in [0.2, 0.25) is 0 Å². The first-order valence-electron chi connectivity index (χ1n) is 9.71. The number of carbonyl (C=O) groups excluding carboxylic acids is 1.